The molecule has 5 rings (SSSR count). The Morgan fingerprint density at radius 2 is 1.71 bits per heavy atom. The van der Waals surface area contributed by atoms with Crippen molar-refractivity contribution in [2.45, 2.75) is 6.92 Å². The second kappa shape index (κ2) is 7.60. The fraction of sp³-hybridized carbons (Fsp3) is 0.125. The van der Waals surface area contributed by atoms with Gasteiger partial charge in [-0.25, -0.2) is 4.98 Å². The molecule has 0 bridgehead atoms. The first-order chi connectivity index (χ1) is 15.2. The van der Waals surface area contributed by atoms with Crippen LogP contribution in [0.3, 0.4) is 0 Å². The molecule has 0 unspecified atom stereocenters. The maximum Gasteiger partial charge on any atom is 0.241 e. The van der Waals surface area contributed by atoms with Gasteiger partial charge in [0.25, 0.3) is 0 Å². The summed E-state index contributed by atoms with van der Waals surface area (Å²) >= 11 is 0. The van der Waals surface area contributed by atoms with E-state index in [-0.39, 0.29) is 0 Å². The number of rotatable bonds is 5. The second-order valence-electron chi connectivity index (χ2n) is 7.17. The first-order valence-electron chi connectivity index (χ1n) is 9.87. The lowest BCUT2D eigenvalue weighted by Crippen LogP contribution is -2.00. The summed E-state index contributed by atoms with van der Waals surface area (Å²) in [5, 5.41) is 13.7. The van der Waals surface area contributed by atoms with Gasteiger partial charge in [0.1, 0.15) is 12.1 Å². The van der Waals surface area contributed by atoms with Crippen molar-refractivity contribution in [1.29, 1.82) is 0 Å². The largest absolute Gasteiger partial charge is 0.495 e. The number of hydrogen-bond acceptors (Lipinski definition) is 6. The molecule has 154 valence electrons. The number of fused-ring (bicyclic) bond motifs is 2. The number of anilines is 2. The van der Waals surface area contributed by atoms with E-state index in [1.165, 1.54) is 0 Å². The Balaban J connectivity index is 1.56. The molecule has 7 heteroatoms. The summed E-state index contributed by atoms with van der Waals surface area (Å²) in [5.74, 6) is 1.97. The Bertz CT molecular complexity index is 1410. The maximum absolute atomic E-state index is 5.57. The van der Waals surface area contributed by atoms with Gasteiger partial charge in [0.05, 0.1) is 30.9 Å². The van der Waals surface area contributed by atoms with E-state index in [2.05, 4.69) is 38.1 Å². The van der Waals surface area contributed by atoms with Crippen molar-refractivity contribution in [2.75, 3.05) is 19.5 Å². The Hall–Kier alpha value is -4.13. The summed E-state index contributed by atoms with van der Waals surface area (Å²) in [4.78, 5) is 4.61. The van der Waals surface area contributed by atoms with Crippen LogP contribution in [0, 0.1) is 6.92 Å². The summed E-state index contributed by atoms with van der Waals surface area (Å²) in [6.45, 7) is 2.06. The number of nitrogens with one attached hydrogen (secondary N) is 1. The zero-order valence-corrected chi connectivity index (χ0v) is 17.5. The summed E-state index contributed by atoms with van der Waals surface area (Å²) < 4.78 is 13.0. The molecule has 0 spiro atoms. The van der Waals surface area contributed by atoms with Crippen LogP contribution >= 0.6 is 0 Å². The van der Waals surface area contributed by atoms with Gasteiger partial charge >= 0.3 is 0 Å². The van der Waals surface area contributed by atoms with Crippen molar-refractivity contribution < 1.29 is 9.47 Å². The molecule has 0 aliphatic carbocycles. The highest BCUT2D eigenvalue weighted by atomic mass is 16.5. The third-order valence-corrected chi connectivity index (χ3v) is 5.32. The van der Waals surface area contributed by atoms with Crippen molar-refractivity contribution in [1.82, 2.24) is 19.7 Å². The van der Waals surface area contributed by atoms with Crippen LogP contribution in [0.1, 0.15) is 5.56 Å². The van der Waals surface area contributed by atoms with Gasteiger partial charge in [-0.1, -0.05) is 30.3 Å². The lowest BCUT2D eigenvalue weighted by atomic mass is 10.1. The topological polar surface area (TPSA) is 74.1 Å². The van der Waals surface area contributed by atoms with Gasteiger partial charge in [0.15, 0.2) is 5.82 Å². The molecule has 3 aromatic carbocycles. The van der Waals surface area contributed by atoms with Crippen LogP contribution in [-0.4, -0.2) is 34.0 Å². The van der Waals surface area contributed by atoms with Crippen molar-refractivity contribution in [3.63, 3.8) is 0 Å². The summed E-state index contributed by atoms with van der Waals surface area (Å²) in [6.07, 6.45) is 1.82. The highest BCUT2D eigenvalue weighted by molar-refractivity contribution is 5.96. The number of ether oxygens (including phenoxy) is 2. The number of aryl methyl sites for hydroxylation is 1. The highest BCUT2D eigenvalue weighted by Crippen LogP contribution is 2.32. The zero-order valence-electron chi connectivity index (χ0n) is 17.5. The van der Waals surface area contributed by atoms with Crippen LogP contribution in [0.2, 0.25) is 0 Å². The van der Waals surface area contributed by atoms with Gasteiger partial charge in [-0.3, -0.25) is 4.57 Å². The van der Waals surface area contributed by atoms with Crippen molar-refractivity contribution >= 4 is 33.3 Å². The van der Waals surface area contributed by atoms with Crippen molar-refractivity contribution in [3.8, 4) is 17.3 Å². The molecule has 0 radical (unpaired) electrons. The number of para-hydroxylation sites is 1. The van der Waals surface area contributed by atoms with E-state index in [0.717, 1.165) is 44.5 Å². The molecule has 1 N–H and O–H groups in total. The van der Waals surface area contributed by atoms with Gasteiger partial charge in [-0.05, 0) is 42.8 Å². The second-order valence-corrected chi connectivity index (χ2v) is 7.17. The van der Waals surface area contributed by atoms with Crippen molar-refractivity contribution in [3.05, 3.63) is 72.6 Å². The smallest absolute Gasteiger partial charge is 0.241 e. The summed E-state index contributed by atoms with van der Waals surface area (Å²) in [7, 11) is 3.27. The van der Waals surface area contributed by atoms with Crippen LogP contribution in [-0.2, 0) is 0 Å². The van der Waals surface area contributed by atoms with Crippen LogP contribution in [0.5, 0.6) is 11.6 Å². The fourth-order valence-electron chi connectivity index (χ4n) is 3.83. The number of hydrogen-bond donors (Lipinski definition) is 1. The van der Waals surface area contributed by atoms with E-state index in [4.69, 9.17) is 9.47 Å². The van der Waals surface area contributed by atoms with Gasteiger partial charge in [0.2, 0.25) is 5.88 Å². The third kappa shape index (κ3) is 3.20. The molecule has 5 aromatic rings. The van der Waals surface area contributed by atoms with Gasteiger partial charge < -0.3 is 14.8 Å². The minimum atomic E-state index is 0.502. The number of nitrogens with zero attached hydrogens (tertiary/aromatic N) is 4. The molecule has 0 aliphatic rings. The van der Waals surface area contributed by atoms with Crippen LogP contribution in [0.25, 0.3) is 27.5 Å². The van der Waals surface area contributed by atoms with E-state index >= 15 is 0 Å². The molecular weight excluding hydrogens is 390 g/mol. The molecule has 0 saturated carbocycles. The minimum Gasteiger partial charge on any atom is -0.495 e. The highest BCUT2D eigenvalue weighted by Gasteiger charge is 2.14. The molecule has 0 saturated heterocycles. The maximum atomic E-state index is 5.57. The van der Waals surface area contributed by atoms with E-state index < -0.39 is 0 Å². The fourth-order valence-corrected chi connectivity index (χ4v) is 3.83. The van der Waals surface area contributed by atoms with Crippen LogP contribution < -0.4 is 14.8 Å². The molecule has 2 aromatic heterocycles. The van der Waals surface area contributed by atoms with E-state index in [1.807, 2.05) is 60.9 Å². The number of benzene rings is 3. The Kier molecular flexibility index (Phi) is 4.63. The average Bonchev–Trinajstić information content (AvgIpc) is 3.22. The van der Waals surface area contributed by atoms with E-state index in [0.29, 0.717) is 11.7 Å². The normalized spacial score (nSPS) is 11.1. The summed E-state index contributed by atoms with van der Waals surface area (Å²) in [6, 6.07) is 19.9. The standard InChI is InChI=1S/C24H21N5O2/c1-15-7-6-10-21(30-2)22(15)29-14-25-19-13-16(11-12-20(19)29)26-23-17-8-4-5-9-18(17)24(31-3)28-27-23/h4-14H,1-3H3,(H,26,27). The molecule has 2 heterocycles. The first kappa shape index (κ1) is 18.9. The molecule has 0 amide bonds. The molecule has 31 heavy (non-hydrogen) atoms. The molecule has 0 atom stereocenters. The van der Waals surface area contributed by atoms with Crippen LogP contribution in [0.4, 0.5) is 11.5 Å². The lowest BCUT2D eigenvalue weighted by molar-refractivity contribution is 0.398. The molecule has 7 nitrogen and oxygen atoms in total. The lowest BCUT2D eigenvalue weighted by Gasteiger charge is -2.13. The predicted octanol–water partition coefficient (Wildman–Crippen LogP) is 5.04. The van der Waals surface area contributed by atoms with Gasteiger partial charge in [-0.15, -0.1) is 10.2 Å². The quantitative estimate of drug-likeness (QED) is 0.437. The SMILES string of the molecule is COc1cccc(C)c1-n1cnc2cc(Nc3nnc(OC)c4ccccc34)ccc21. The monoisotopic (exact) mass is 411 g/mol. The summed E-state index contributed by atoms with van der Waals surface area (Å²) in [5.41, 5.74) is 4.82. The van der Waals surface area contributed by atoms with Crippen molar-refractivity contribution in [2.24, 2.45) is 0 Å². The third-order valence-electron chi connectivity index (χ3n) is 5.32. The molecule has 0 fully saturated rings. The minimum absolute atomic E-state index is 0.502. The zero-order chi connectivity index (χ0) is 21.4. The number of imidazole rings is 1. The van der Waals surface area contributed by atoms with Crippen LogP contribution in [0.15, 0.2) is 67.0 Å². The predicted molar refractivity (Wildman–Crippen MR) is 122 cm³/mol. The van der Waals surface area contributed by atoms with E-state index in [1.54, 1.807) is 14.2 Å². The Morgan fingerprint density at radius 1 is 0.871 bits per heavy atom. The molecular formula is C24H21N5O2. The Morgan fingerprint density at radius 3 is 2.52 bits per heavy atom. The van der Waals surface area contributed by atoms with Gasteiger partial charge in [-0.2, -0.15) is 0 Å². The number of aromatic nitrogens is 4. The average molecular weight is 411 g/mol. The first-order valence-corrected chi connectivity index (χ1v) is 9.87. The van der Waals surface area contributed by atoms with Gasteiger partial charge in [0, 0.05) is 16.5 Å². The number of methoxy groups -OCH3 is 2. The molecule has 0 aliphatic heterocycles. The Labute approximate surface area is 179 Å². The van der Waals surface area contributed by atoms with E-state index in [9.17, 15) is 0 Å².